The van der Waals surface area contributed by atoms with Gasteiger partial charge in [-0.1, -0.05) is 129 Å². The van der Waals surface area contributed by atoms with Gasteiger partial charge in [-0.25, -0.2) is 0 Å². The van der Waals surface area contributed by atoms with Crippen LogP contribution in [-0.4, -0.2) is 13.2 Å². The Bertz CT molecular complexity index is 925. The van der Waals surface area contributed by atoms with Crippen LogP contribution in [0.25, 0.3) is 0 Å². The molecule has 0 saturated heterocycles. The fourth-order valence-electron chi connectivity index (χ4n) is 4.80. The average molecular weight is 553 g/mol. The molecule has 0 spiro atoms. The maximum atomic E-state index is 12.5. The van der Waals surface area contributed by atoms with E-state index in [2.05, 4.69) is 13.8 Å². The number of benzene rings is 1. The van der Waals surface area contributed by atoms with E-state index in [9.17, 15) is 4.79 Å². The normalized spacial score (nSPS) is 10.9. The van der Waals surface area contributed by atoms with Crippen LogP contribution in [0.15, 0.2) is 53.3 Å². The predicted octanol–water partition coefficient (Wildman–Crippen LogP) is 10.4. The molecule has 0 atom stereocenters. The van der Waals surface area contributed by atoms with E-state index in [-0.39, 0.29) is 5.43 Å². The molecular formula is C36H56O4. The van der Waals surface area contributed by atoms with E-state index >= 15 is 0 Å². The van der Waals surface area contributed by atoms with Gasteiger partial charge in [0.05, 0.1) is 13.2 Å². The van der Waals surface area contributed by atoms with E-state index in [1.165, 1.54) is 109 Å². The average Bonchev–Trinajstić information content (AvgIpc) is 3.15. The number of hydrogen-bond acceptors (Lipinski definition) is 4. The monoisotopic (exact) mass is 552 g/mol. The first-order chi connectivity index (χ1) is 19.7. The fourth-order valence-corrected chi connectivity index (χ4v) is 4.80. The lowest BCUT2D eigenvalue weighted by Gasteiger charge is -2.08. The highest BCUT2D eigenvalue weighted by Gasteiger charge is 2.03. The molecule has 0 aromatic heterocycles. The Kier molecular flexibility index (Phi) is 19.6. The second kappa shape index (κ2) is 23.2. The van der Waals surface area contributed by atoms with Gasteiger partial charge >= 0.3 is 0 Å². The van der Waals surface area contributed by atoms with Gasteiger partial charge in [0.1, 0.15) is 18.1 Å². The van der Waals surface area contributed by atoms with Crippen molar-refractivity contribution in [1.82, 2.24) is 0 Å². The van der Waals surface area contributed by atoms with E-state index in [4.69, 9.17) is 14.2 Å². The molecule has 0 amide bonds. The Labute approximate surface area is 244 Å². The highest BCUT2D eigenvalue weighted by molar-refractivity contribution is 5.30. The molecule has 2 aromatic carbocycles. The van der Waals surface area contributed by atoms with E-state index in [1.54, 1.807) is 12.1 Å². The van der Waals surface area contributed by atoms with Gasteiger partial charge in [-0.2, -0.15) is 0 Å². The summed E-state index contributed by atoms with van der Waals surface area (Å²) in [5.74, 6) is 1.93. The summed E-state index contributed by atoms with van der Waals surface area (Å²) in [7, 11) is 0. The molecule has 2 rings (SSSR count). The van der Waals surface area contributed by atoms with Crippen LogP contribution in [0.3, 0.4) is 0 Å². The topological polar surface area (TPSA) is 44.8 Å². The molecule has 0 aliphatic heterocycles. The van der Waals surface area contributed by atoms with Gasteiger partial charge in [-0.05, 0) is 54.8 Å². The molecular weight excluding hydrogens is 496 g/mol. The van der Waals surface area contributed by atoms with Crippen LogP contribution in [0.1, 0.15) is 135 Å². The van der Waals surface area contributed by atoms with Crippen molar-refractivity contribution in [3.63, 3.8) is 0 Å². The van der Waals surface area contributed by atoms with Crippen molar-refractivity contribution in [2.24, 2.45) is 0 Å². The van der Waals surface area contributed by atoms with E-state index < -0.39 is 0 Å². The lowest BCUT2D eigenvalue weighted by atomic mass is 10.1. The zero-order valence-electron chi connectivity index (χ0n) is 25.6. The molecule has 0 aliphatic rings. The molecule has 0 radical (unpaired) electrons. The van der Waals surface area contributed by atoms with Crippen LogP contribution < -0.4 is 19.6 Å². The van der Waals surface area contributed by atoms with Crippen molar-refractivity contribution in [2.75, 3.05) is 13.2 Å². The van der Waals surface area contributed by atoms with Crippen LogP contribution in [0, 0.1) is 0 Å². The Morgan fingerprint density at radius 2 is 0.850 bits per heavy atom. The minimum absolute atomic E-state index is 0.140. The van der Waals surface area contributed by atoms with Crippen molar-refractivity contribution in [1.29, 1.82) is 0 Å². The number of unbranched alkanes of at least 4 members (excludes halogenated alkanes) is 16. The van der Waals surface area contributed by atoms with Crippen LogP contribution in [0.5, 0.6) is 17.2 Å². The van der Waals surface area contributed by atoms with Crippen molar-refractivity contribution >= 4 is 0 Å². The highest BCUT2D eigenvalue weighted by atomic mass is 16.5. The van der Waals surface area contributed by atoms with Gasteiger partial charge < -0.3 is 14.2 Å². The third-order valence-corrected chi connectivity index (χ3v) is 7.39. The number of rotatable bonds is 25. The smallest absolute Gasteiger partial charge is 0.220 e. The van der Waals surface area contributed by atoms with Gasteiger partial charge in [0, 0.05) is 0 Å². The maximum Gasteiger partial charge on any atom is 0.220 e. The standard InChI is InChI=1S/C36H56O4/c1-3-5-7-9-11-13-14-16-18-20-30-39-34-25-27-35(37)36(28-26-34)40-31-32-21-23-33(24-22-32)38-29-19-17-15-12-10-8-6-4-2/h21-28H,3-20,29-31H2,1-2H3. The van der Waals surface area contributed by atoms with Gasteiger partial charge in [-0.15, -0.1) is 0 Å². The van der Waals surface area contributed by atoms with Crippen LogP contribution >= 0.6 is 0 Å². The third kappa shape index (κ3) is 16.6. The second-order valence-corrected chi connectivity index (χ2v) is 11.1. The van der Waals surface area contributed by atoms with Crippen LogP contribution in [-0.2, 0) is 6.61 Å². The summed E-state index contributed by atoms with van der Waals surface area (Å²) in [6.07, 6.45) is 23.4. The summed E-state index contributed by atoms with van der Waals surface area (Å²) in [6, 6.07) is 14.8. The molecule has 0 fully saturated rings. The van der Waals surface area contributed by atoms with Crippen LogP contribution in [0.4, 0.5) is 0 Å². The molecule has 224 valence electrons. The van der Waals surface area contributed by atoms with Crippen molar-refractivity contribution < 1.29 is 14.2 Å². The first kappa shape index (κ1) is 33.7. The first-order valence-corrected chi connectivity index (χ1v) is 16.3. The van der Waals surface area contributed by atoms with Gasteiger partial charge in [0.15, 0.2) is 5.75 Å². The Hall–Kier alpha value is -2.49. The Morgan fingerprint density at radius 1 is 0.450 bits per heavy atom. The Morgan fingerprint density at radius 3 is 1.32 bits per heavy atom. The summed E-state index contributed by atoms with van der Waals surface area (Å²) in [6.45, 7) is 6.30. The van der Waals surface area contributed by atoms with Crippen molar-refractivity contribution in [2.45, 2.75) is 136 Å². The number of ether oxygens (including phenoxy) is 3. The molecule has 2 aromatic rings. The largest absolute Gasteiger partial charge is 0.494 e. The number of hydrogen-bond donors (Lipinski definition) is 0. The lowest BCUT2D eigenvalue weighted by Crippen LogP contribution is -2.04. The summed E-state index contributed by atoms with van der Waals surface area (Å²) in [5, 5.41) is 0. The summed E-state index contributed by atoms with van der Waals surface area (Å²) >= 11 is 0. The third-order valence-electron chi connectivity index (χ3n) is 7.39. The summed E-state index contributed by atoms with van der Waals surface area (Å²) in [5.41, 5.74) is 0.863. The highest BCUT2D eigenvalue weighted by Crippen LogP contribution is 2.17. The maximum absolute atomic E-state index is 12.5. The zero-order chi connectivity index (χ0) is 28.5. The molecule has 0 aliphatic carbocycles. The van der Waals surface area contributed by atoms with Crippen LogP contribution in [0.2, 0.25) is 0 Å². The van der Waals surface area contributed by atoms with Crippen molar-refractivity contribution in [3.8, 4) is 17.2 Å². The SMILES string of the molecule is CCCCCCCCCCCCOc1ccc(OCc2ccc(OCCCCCCCCCC)cc2)c(=O)cc1. The molecule has 0 bridgehead atoms. The quantitative estimate of drug-likeness (QED) is 0.115. The predicted molar refractivity (Wildman–Crippen MR) is 169 cm³/mol. The fraction of sp³-hybridized carbons (Fsp3) is 0.639. The molecule has 4 nitrogen and oxygen atoms in total. The minimum atomic E-state index is -0.140. The van der Waals surface area contributed by atoms with E-state index in [0.717, 1.165) is 30.8 Å². The molecule has 4 heteroatoms. The van der Waals surface area contributed by atoms with Crippen molar-refractivity contribution in [3.05, 3.63) is 64.3 Å². The molecule has 0 unspecified atom stereocenters. The molecule has 0 heterocycles. The summed E-state index contributed by atoms with van der Waals surface area (Å²) in [4.78, 5) is 12.5. The second-order valence-electron chi connectivity index (χ2n) is 11.1. The molecule has 0 N–H and O–H groups in total. The Balaban J connectivity index is 1.59. The zero-order valence-corrected chi connectivity index (χ0v) is 25.6. The summed E-state index contributed by atoms with van der Waals surface area (Å²) < 4.78 is 17.6. The lowest BCUT2D eigenvalue weighted by molar-refractivity contribution is 0.298. The van der Waals surface area contributed by atoms with E-state index in [0.29, 0.717) is 24.7 Å². The van der Waals surface area contributed by atoms with Gasteiger partial charge in [0.2, 0.25) is 5.43 Å². The first-order valence-electron chi connectivity index (χ1n) is 16.3. The molecule has 40 heavy (non-hydrogen) atoms. The molecule has 0 saturated carbocycles. The minimum Gasteiger partial charge on any atom is -0.494 e. The van der Waals surface area contributed by atoms with Gasteiger partial charge in [-0.3, -0.25) is 4.79 Å². The van der Waals surface area contributed by atoms with E-state index in [1.807, 2.05) is 30.3 Å². The van der Waals surface area contributed by atoms with Gasteiger partial charge in [0.25, 0.3) is 0 Å².